The Morgan fingerprint density at radius 1 is 1.36 bits per heavy atom. The molecule has 0 atom stereocenters. The van der Waals surface area contributed by atoms with Gasteiger partial charge >= 0.3 is 5.97 Å². The third-order valence-corrected chi connectivity index (χ3v) is 2.67. The highest BCUT2D eigenvalue weighted by atomic mass is 16.4. The number of guanidine groups is 1. The fourth-order valence-electron chi connectivity index (χ4n) is 1.76. The highest BCUT2D eigenvalue weighted by Gasteiger charge is 2.25. The first-order valence-corrected chi connectivity index (χ1v) is 4.89. The molecule has 1 fully saturated rings. The highest BCUT2D eigenvalue weighted by molar-refractivity contribution is 5.76. The number of nitrogens with one attached hydrogen (secondary N) is 3. The zero-order chi connectivity index (χ0) is 10.6. The first kappa shape index (κ1) is 10.8. The van der Waals surface area contributed by atoms with Gasteiger partial charge in [-0.2, -0.15) is 0 Å². The number of carboxylic acid groups (broad SMARTS) is 1. The van der Waals surface area contributed by atoms with E-state index < -0.39 is 5.97 Å². The molecule has 0 spiro atoms. The molecule has 0 unspecified atom stereocenters. The second-order valence-corrected chi connectivity index (χ2v) is 3.66. The summed E-state index contributed by atoms with van der Waals surface area (Å²) < 4.78 is 0. The lowest BCUT2D eigenvalue weighted by Gasteiger charge is -2.27. The standard InChI is InChI=1S/C9H17N3O2/c1-11-9(10)12-7-4-2-6(3-5-7)8(13)14/h6-7H,2-5H2,1H3,(H,13,14)(H3,10,11,12). The van der Waals surface area contributed by atoms with Gasteiger partial charge in [-0.15, -0.1) is 0 Å². The van der Waals surface area contributed by atoms with Crippen molar-refractivity contribution in [3.05, 3.63) is 0 Å². The molecule has 14 heavy (non-hydrogen) atoms. The van der Waals surface area contributed by atoms with Gasteiger partial charge in [0.2, 0.25) is 0 Å². The van der Waals surface area contributed by atoms with E-state index in [1.807, 2.05) is 0 Å². The number of hydrogen-bond acceptors (Lipinski definition) is 2. The van der Waals surface area contributed by atoms with E-state index in [2.05, 4.69) is 10.6 Å². The Bertz CT molecular complexity index is 222. The molecule has 0 aliphatic heterocycles. The van der Waals surface area contributed by atoms with E-state index in [9.17, 15) is 4.79 Å². The second kappa shape index (κ2) is 4.83. The molecule has 0 saturated heterocycles. The van der Waals surface area contributed by atoms with E-state index in [0.29, 0.717) is 18.8 Å². The van der Waals surface area contributed by atoms with Crippen molar-refractivity contribution in [2.45, 2.75) is 31.7 Å². The smallest absolute Gasteiger partial charge is 0.306 e. The van der Waals surface area contributed by atoms with Crippen LogP contribution in [0.5, 0.6) is 0 Å². The summed E-state index contributed by atoms with van der Waals surface area (Å²) >= 11 is 0. The predicted molar refractivity (Wildman–Crippen MR) is 53.3 cm³/mol. The summed E-state index contributed by atoms with van der Waals surface area (Å²) in [6.45, 7) is 0. The summed E-state index contributed by atoms with van der Waals surface area (Å²) in [5, 5.41) is 21.9. The van der Waals surface area contributed by atoms with Gasteiger partial charge in [0.1, 0.15) is 0 Å². The van der Waals surface area contributed by atoms with Crippen LogP contribution in [0.3, 0.4) is 0 Å². The summed E-state index contributed by atoms with van der Waals surface area (Å²) in [6, 6.07) is 0.255. The first-order valence-electron chi connectivity index (χ1n) is 4.89. The van der Waals surface area contributed by atoms with Crippen molar-refractivity contribution in [1.29, 1.82) is 5.41 Å². The van der Waals surface area contributed by atoms with Crippen molar-refractivity contribution in [3.63, 3.8) is 0 Å². The maximum Gasteiger partial charge on any atom is 0.306 e. The monoisotopic (exact) mass is 199 g/mol. The molecule has 0 aromatic carbocycles. The Hall–Kier alpha value is -1.26. The summed E-state index contributed by atoms with van der Waals surface area (Å²) in [5.41, 5.74) is 0. The molecular weight excluding hydrogens is 182 g/mol. The van der Waals surface area contributed by atoms with Gasteiger partial charge in [0.05, 0.1) is 5.92 Å². The van der Waals surface area contributed by atoms with Gasteiger partial charge in [0.15, 0.2) is 5.96 Å². The lowest BCUT2D eigenvalue weighted by atomic mass is 9.86. The summed E-state index contributed by atoms with van der Waals surface area (Å²) in [4.78, 5) is 10.7. The molecule has 0 radical (unpaired) electrons. The van der Waals surface area contributed by atoms with Crippen LogP contribution in [0.1, 0.15) is 25.7 Å². The zero-order valence-electron chi connectivity index (χ0n) is 8.34. The van der Waals surface area contributed by atoms with E-state index in [4.69, 9.17) is 10.5 Å². The van der Waals surface area contributed by atoms with Crippen LogP contribution in [0.4, 0.5) is 0 Å². The van der Waals surface area contributed by atoms with Crippen LogP contribution >= 0.6 is 0 Å². The van der Waals surface area contributed by atoms with Crippen molar-refractivity contribution >= 4 is 11.9 Å². The average Bonchev–Trinajstić information content (AvgIpc) is 2.18. The molecule has 80 valence electrons. The molecule has 4 N–H and O–H groups in total. The average molecular weight is 199 g/mol. The number of aliphatic carboxylic acids is 1. The van der Waals surface area contributed by atoms with Gasteiger partial charge in [0.25, 0.3) is 0 Å². The predicted octanol–water partition coefficient (Wildman–Crippen LogP) is 0.374. The second-order valence-electron chi connectivity index (χ2n) is 3.66. The van der Waals surface area contributed by atoms with Crippen molar-refractivity contribution in [1.82, 2.24) is 10.6 Å². The lowest BCUT2D eigenvalue weighted by molar-refractivity contribution is -0.142. The maximum absolute atomic E-state index is 10.7. The molecule has 1 aliphatic rings. The minimum Gasteiger partial charge on any atom is -0.481 e. The third-order valence-electron chi connectivity index (χ3n) is 2.67. The van der Waals surface area contributed by atoms with Gasteiger partial charge < -0.3 is 15.7 Å². The van der Waals surface area contributed by atoms with Crippen LogP contribution in [0.15, 0.2) is 0 Å². The van der Waals surface area contributed by atoms with Crippen molar-refractivity contribution in [3.8, 4) is 0 Å². The topological polar surface area (TPSA) is 85.2 Å². The van der Waals surface area contributed by atoms with E-state index in [0.717, 1.165) is 12.8 Å². The molecule has 5 nitrogen and oxygen atoms in total. The zero-order valence-corrected chi connectivity index (χ0v) is 8.34. The van der Waals surface area contributed by atoms with Crippen LogP contribution < -0.4 is 10.6 Å². The molecule has 0 aromatic rings. The Morgan fingerprint density at radius 3 is 2.36 bits per heavy atom. The molecule has 0 heterocycles. The summed E-state index contributed by atoms with van der Waals surface area (Å²) in [5.74, 6) is -0.562. The van der Waals surface area contributed by atoms with E-state index >= 15 is 0 Å². The fourth-order valence-corrected chi connectivity index (χ4v) is 1.76. The first-order chi connectivity index (χ1) is 6.63. The molecule has 0 aromatic heterocycles. The number of carboxylic acids is 1. The lowest BCUT2D eigenvalue weighted by Crippen LogP contribution is -2.43. The van der Waals surface area contributed by atoms with Gasteiger partial charge in [-0.3, -0.25) is 10.2 Å². The number of carbonyl (C=O) groups is 1. The molecular formula is C9H17N3O2. The van der Waals surface area contributed by atoms with Crippen LogP contribution in [0.2, 0.25) is 0 Å². The van der Waals surface area contributed by atoms with Crippen LogP contribution in [-0.4, -0.2) is 30.1 Å². The van der Waals surface area contributed by atoms with Crippen LogP contribution in [0, 0.1) is 11.3 Å². The summed E-state index contributed by atoms with van der Waals surface area (Å²) in [6.07, 6.45) is 3.09. The van der Waals surface area contributed by atoms with Gasteiger partial charge in [-0.25, -0.2) is 0 Å². The largest absolute Gasteiger partial charge is 0.481 e. The van der Waals surface area contributed by atoms with Crippen molar-refractivity contribution in [2.24, 2.45) is 5.92 Å². The minimum atomic E-state index is -0.688. The Kier molecular flexibility index (Phi) is 3.73. The number of rotatable bonds is 2. The van der Waals surface area contributed by atoms with E-state index in [1.165, 1.54) is 0 Å². The normalized spacial score (nSPS) is 26.6. The SMILES string of the molecule is CNC(=N)NC1CCC(C(=O)O)CC1. The highest BCUT2D eigenvalue weighted by Crippen LogP contribution is 2.24. The van der Waals surface area contributed by atoms with Crippen LogP contribution in [0.25, 0.3) is 0 Å². The van der Waals surface area contributed by atoms with Crippen molar-refractivity contribution < 1.29 is 9.90 Å². The minimum absolute atomic E-state index is 0.184. The van der Waals surface area contributed by atoms with Gasteiger partial charge in [-0.1, -0.05) is 0 Å². The molecule has 1 saturated carbocycles. The molecule has 1 rings (SSSR count). The van der Waals surface area contributed by atoms with Gasteiger partial charge in [-0.05, 0) is 25.7 Å². The molecule has 5 heteroatoms. The number of hydrogen-bond donors (Lipinski definition) is 4. The molecule has 1 aliphatic carbocycles. The van der Waals surface area contributed by atoms with E-state index in [1.54, 1.807) is 7.05 Å². The Balaban J connectivity index is 2.29. The quantitative estimate of drug-likeness (QED) is 0.382. The van der Waals surface area contributed by atoms with E-state index in [-0.39, 0.29) is 12.0 Å². The third kappa shape index (κ3) is 2.90. The van der Waals surface area contributed by atoms with Crippen molar-refractivity contribution in [2.75, 3.05) is 7.05 Å². The Morgan fingerprint density at radius 2 is 1.93 bits per heavy atom. The molecule has 0 amide bonds. The molecule has 0 bridgehead atoms. The Labute approximate surface area is 83.4 Å². The van der Waals surface area contributed by atoms with Crippen LogP contribution in [-0.2, 0) is 4.79 Å². The maximum atomic E-state index is 10.7. The summed E-state index contributed by atoms with van der Waals surface area (Å²) in [7, 11) is 1.69. The van der Waals surface area contributed by atoms with Gasteiger partial charge in [0, 0.05) is 13.1 Å². The fraction of sp³-hybridized carbons (Fsp3) is 0.778.